The number of rotatable bonds is 0. The van der Waals surface area contributed by atoms with Crippen molar-refractivity contribution >= 4 is 16.7 Å². The van der Waals surface area contributed by atoms with Gasteiger partial charge in [0.2, 0.25) is 5.65 Å². The third-order valence-corrected chi connectivity index (χ3v) is 2.49. The summed E-state index contributed by atoms with van der Waals surface area (Å²) in [5.74, 6) is 0. The van der Waals surface area contributed by atoms with E-state index >= 15 is 0 Å². The van der Waals surface area contributed by atoms with E-state index < -0.39 is 11.2 Å². The Balaban J connectivity index is 2.66. The largest absolute Gasteiger partial charge is 0.348 e. The van der Waals surface area contributed by atoms with Gasteiger partial charge in [0.25, 0.3) is 5.56 Å². The molecule has 2 heterocycles. The Morgan fingerprint density at radius 2 is 2.18 bits per heavy atom. The Labute approximate surface area is 92.9 Å². The molecule has 0 amide bonds. The maximum absolute atomic E-state index is 11.6. The van der Waals surface area contributed by atoms with Crippen molar-refractivity contribution in [3.05, 3.63) is 44.6 Å². The van der Waals surface area contributed by atoms with Crippen LogP contribution in [0.5, 0.6) is 0 Å². The molecule has 0 aliphatic heterocycles. The molecule has 17 heavy (non-hydrogen) atoms. The molecular formula is C10H5N5O2. The Morgan fingerprint density at radius 3 is 2.94 bits per heavy atom. The summed E-state index contributed by atoms with van der Waals surface area (Å²) >= 11 is 0. The van der Waals surface area contributed by atoms with Crippen LogP contribution in [0.2, 0.25) is 0 Å². The molecule has 0 fully saturated rings. The van der Waals surface area contributed by atoms with Crippen molar-refractivity contribution < 1.29 is 0 Å². The van der Waals surface area contributed by atoms with Crippen LogP contribution in [0.3, 0.4) is 0 Å². The second-order valence-corrected chi connectivity index (χ2v) is 3.49. The summed E-state index contributed by atoms with van der Waals surface area (Å²) in [7, 11) is 0. The van der Waals surface area contributed by atoms with Gasteiger partial charge in [-0.25, -0.2) is 14.3 Å². The molecule has 3 rings (SSSR count). The van der Waals surface area contributed by atoms with Gasteiger partial charge in [-0.2, -0.15) is 5.26 Å². The van der Waals surface area contributed by atoms with Crippen molar-refractivity contribution in [3.8, 4) is 6.07 Å². The number of nitrogens with one attached hydrogen (secondary N) is 2. The first-order valence-corrected chi connectivity index (χ1v) is 4.74. The van der Waals surface area contributed by atoms with E-state index in [0.29, 0.717) is 16.6 Å². The summed E-state index contributed by atoms with van der Waals surface area (Å²) in [4.78, 5) is 25.7. The van der Waals surface area contributed by atoms with Crippen molar-refractivity contribution in [2.75, 3.05) is 0 Å². The molecule has 0 radical (unpaired) electrons. The molecule has 2 N–H and O–H groups in total. The minimum absolute atomic E-state index is 0.00667. The van der Waals surface area contributed by atoms with E-state index in [1.165, 1.54) is 10.5 Å². The first-order chi connectivity index (χ1) is 8.20. The maximum Gasteiger partial charge on any atom is 0.348 e. The lowest BCUT2D eigenvalue weighted by Gasteiger charge is -1.99. The third kappa shape index (κ3) is 1.18. The lowest BCUT2D eigenvalue weighted by atomic mass is 10.2. The van der Waals surface area contributed by atoms with E-state index in [1.54, 1.807) is 12.1 Å². The lowest BCUT2D eigenvalue weighted by molar-refractivity contribution is 1.04. The highest BCUT2D eigenvalue weighted by Crippen LogP contribution is 2.11. The van der Waals surface area contributed by atoms with Crippen molar-refractivity contribution in [2.24, 2.45) is 0 Å². The SMILES string of the molecule is N#Cc1ccc2c(c1)[nH]c(=O)c1n[nH]c(=O)n12. The van der Waals surface area contributed by atoms with Gasteiger partial charge >= 0.3 is 5.69 Å². The molecule has 0 spiro atoms. The van der Waals surface area contributed by atoms with Gasteiger partial charge in [-0.15, -0.1) is 5.10 Å². The number of benzene rings is 1. The maximum atomic E-state index is 11.6. The average Bonchev–Trinajstić information content (AvgIpc) is 2.72. The standard InChI is InChI=1S/C10H5N5O2/c11-4-5-1-2-7-6(3-5)12-9(16)8-13-14-10(17)15(7)8/h1-3H,(H,12,16)(H,14,17). The quantitative estimate of drug-likeness (QED) is 0.551. The fourth-order valence-electron chi connectivity index (χ4n) is 1.75. The van der Waals surface area contributed by atoms with Crippen molar-refractivity contribution in [1.82, 2.24) is 19.6 Å². The fourth-order valence-corrected chi connectivity index (χ4v) is 1.75. The van der Waals surface area contributed by atoms with E-state index in [4.69, 9.17) is 5.26 Å². The zero-order chi connectivity index (χ0) is 12.0. The molecular weight excluding hydrogens is 222 g/mol. The van der Waals surface area contributed by atoms with Crippen molar-refractivity contribution in [2.45, 2.75) is 0 Å². The van der Waals surface area contributed by atoms with Crippen molar-refractivity contribution in [1.29, 1.82) is 5.26 Å². The molecule has 0 saturated carbocycles. The summed E-state index contributed by atoms with van der Waals surface area (Å²) in [6.45, 7) is 0. The van der Waals surface area contributed by atoms with E-state index in [-0.39, 0.29) is 5.65 Å². The second-order valence-electron chi connectivity index (χ2n) is 3.49. The predicted molar refractivity (Wildman–Crippen MR) is 58.7 cm³/mol. The summed E-state index contributed by atoms with van der Waals surface area (Å²) < 4.78 is 1.18. The van der Waals surface area contributed by atoms with Crippen LogP contribution in [-0.2, 0) is 0 Å². The Kier molecular flexibility index (Phi) is 1.68. The van der Waals surface area contributed by atoms with Crippen LogP contribution in [-0.4, -0.2) is 19.6 Å². The highest BCUT2D eigenvalue weighted by molar-refractivity contribution is 5.78. The smallest absolute Gasteiger partial charge is 0.317 e. The Bertz CT molecular complexity index is 893. The van der Waals surface area contributed by atoms with Gasteiger partial charge in [0.15, 0.2) is 0 Å². The number of fused-ring (bicyclic) bond motifs is 3. The molecule has 0 aliphatic rings. The predicted octanol–water partition coefficient (Wildman–Crippen LogP) is -0.264. The molecule has 7 heteroatoms. The van der Waals surface area contributed by atoms with Crippen LogP contribution in [0.4, 0.5) is 0 Å². The van der Waals surface area contributed by atoms with Crippen LogP contribution in [0, 0.1) is 11.3 Å². The number of hydrogen-bond donors (Lipinski definition) is 2. The molecule has 0 atom stereocenters. The topological polar surface area (TPSA) is 107 Å². The summed E-state index contributed by atoms with van der Waals surface area (Å²) in [5, 5.41) is 14.6. The molecule has 0 saturated heterocycles. The number of hydrogen-bond acceptors (Lipinski definition) is 4. The first-order valence-electron chi connectivity index (χ1n) is 4.74. The molecule has 0 unspecified atom stereocenters. The van der Waals surface area contributed by atoms with Gasteiger partial charge in [0, 0.05) is 0 Å². The highest BCUT2D eigenvalue weighted by Gasteiger charge is 2.09. The van der Waals surface area contributed by atoms with Crippen LogP contribution in [0.15, 0.2) is 27.8 Å². The lowest BCUT2D eigenvalue weighted by Crippen LogP contribution is -2.17. The summed E-state index contributed by atoms with van der Waals surface area (Å²) in [6.07, 6.45) is 0. The fraction of sp³-hybridized carbons (Fsp3) is 0. The summed E-state index contributed by atoms with van der Waals surface area (Å²) in [5.41, 5.74) is 0.366. The van der Waals surface area contributed by atoms with E-state index in [2.05, 4.69) is 15.2 Å². The summed E-state index contributed by atoms with van der Waals surface area (Å²) in [6, 6.07) is 6.63. The number of aromatic nitrogens is 4. The molecule has 0 bridgehead atoms. The molecule has 0 aliphatic carbocycles. The van der Waals surface area contributed by atoms with E-state index in [1.807, 2.05) is 6.07 Å². The first kappa shape index (κ1) is 9.35. The zero-order valence-electron chi connectivity index (χ0n) is 8.39. The van der Waals surface area contributed by atoms with Crippen LogP contribution >= 0.6 is 0 Å². The van der Waals surface area contributed by atoms with Gasteiger partial charge in [-0.1, -0.05) is 0 Å². The van der Waals surface area contributed by atoms with Gasteiger partial charge in [-0.3, -0.25) is 4.79 Å². The average molecular weight is 227 g/mol. The second kappa shape index (κ2) is 3.05. The van der Waals surface area contributed by atoms with Gasteiger partial charge in [0.1, 0.15) is 0 Å². The van der Waals surface area contributed by atoms with E-state index in [0.717, 1.165) is 0 Å². The van der Waals surface area contributed by atoms with Gasteiger partial charge < -0.3 is 4.98 Å². The number of aromatic amines is 2. The minimum Gasteiger partial charge on any atom is -0.317 e. The van der Waals surface area contributed by atoms with Crippen LogP contribution in [0.1, 0.15) is 5.56 Å². The monoisotopic (exact) mass is 227 g/mol. The molecule has 82 valence electrons. The normalized spacial score (nSPS) is 10.8. The van der Waals surface area contributed by atoms with Crippen molar-refractivity contribution in [3.63, 3.8) is 0 Å². The number of H-pyrrole nitrogens is 2. The van der Waals surface area contributed by atoms with Crippen LogP contribution in [0.25, 0.3) is 16.7 Å². The Morgan fingerprint density at radius 1 is 1.35 bits per heavy atom. The van der Waals surface area contributed by atoms with Crippen LogP contribution < -0.4 is 11.2 Å². The minimum atomic E-state index is -0.485. The molecule has 7 nitrogen and oxygen atoms in total. The molecule has 2 aromatic heterocycles. The number of nitrogens with zero attached hydrogens (tertiary/aromatic N) is 3. The Hall–Kier alpha value is -2.88. The van der Waals surface area contributed by atoms with Gasteiger partial charge in [-0.05, 0) is 18.2 Å². The van der Waals surface area contributed by atoms with E-state index in [9.17, 15) is 9.59 Å². The zero-order valence-corrected chi connectivity index (χ0v) is 8.39. The number of nitriles is 1. The van der Waals surface area contributed by atoms with Gasteiger partial charge in [0.05, 0.1) is 22.7 Å². The highest BCUT2D eigenvalue weighted by atomic mass is 16.2. The molecule has 3 aromatic rings. The third-order valence-electron chi connectivity index (χ3n) is 2.49. The molecule has 1 aromatic carbocycles.